The van der Waals surface area contributed by atoms with E-state index in [9.17, 15) is 4.79 Å². The molecule has 4 aromatic rings. The second kappa shape index (κ2) is 7.48. The van der Waals surface area contributed by atoms with Gasteiger partial charge in [0, 0.05) is 24.2 Å². The third-order valence-corrected chi connectivity index (χ3v) is 4.53. The van der Waals surface area contributed by atoms with Crippen LogP contribution in [0.15, 0.2) is 66.9 Å². The monoisotopic (exact) mass is 369 g/mol. The molecule has 0 fully saturated rings. The molecule has 0 radical (unpaired) electrons. The van der Waals surface area contributed by atoms with Crippen molar-refractivity contribution >= 4 is 29.0 Å². The number of hydrogen-bond donors (Lipinski definition) is 0. The normalized spacial score (nSPS) is 11.2. The largest absolute Gasteiger partial charge is 0.465 e. The van der Waals surface area contributed by atoms with Crippen molar-refractivity contribution in [1.82, 2.24) is 14.5 Å². The van der Waals surface area contributed by atoms with Gasteiger partial charge in [0.2, 0.25) is 0 Å². The van der Waals surface area contributed by atoms with E-state index in [2.05, 4.69) is 9.97 Å². The predicted octanol–water partition coefficient (Wildman–Crippen LogP) is 4.59. The molecule has 0 N–H and O–H groups in total. The minimum Gasteiger partial charge on any atom is -0.465 e. The Hall–Kier alpha value is -3.73. The molecule has 0 atom stereocenters. The first-order valence-corrected chi connectivity index (χ1v) is 8.90. The lowest BCUT2D eigenvalue weighted by atomic mass is 10.1. The molecule has 0 aliphatic rings. The van der Waals surface area contributed by atoms with E-state index in [0.717, 1.165) is 28.0 Å². The first-order chi connectivity index (χ1) is 13.7. The molecule has 0 saturated heterocycles. The fraction of sp³-hybridized carbons (Fsp3) is 0.0870. The number of esters is 1. The Morgan fingerprint density at radius 3 is 2.54 bits per heavy atom. The standard InChI is InChI=1S/C23H19N3O2/c1-26-15-21(16-8-4-3-5-9-16)25-22(26)13-12-17-14-19(23(27)28-2)18-10-6-7-11-20(18)24-17/h3-15H,1-2H3/b13-12+. The van der Waals surface area contributed by atoms with E-state index in [1.54, 1.807) is 6.07 Å². The lowest BCUT2D eigenvalue weighted by Gasteiger charge is -2.06. The summed E-state index contributed by atoms with van der Waals surface area (Å²) in [6, 6.07) is 19.3. The van der Waals surface area contributed by atoms with E-state index < -0.39 is 0 Å². The second-order valence-corrected chi connectivity index (χ2v) is 6.40. The van der Waals surface area contributed by atoms with Gasteiger partial charge in [-0.15, -0.1) is 0 Å². The second-order valence-electron chi connectivity index (χ2n) is 6.40. The van der Waals surface area contributed by atoms with Gasteiger partial charge < -0.3 is 9.30 Å². The number of benzene rings is 2. The number of nitrogens with zero attached hydrogens (tertiary/aromatic N) is 3. The van der Waals surface area contributed by atoms with Crippen LogP contribution in [0.4, 0.5) is 0 Å². The van der Waals surface area contributed by atoms with Gasteiger partial charge in [-0.3, -0.25) is 0 Å². The number of rotatable bonds is 4. The highest BCUT2D eigenvalue weighted by Gasteiger charge is 2.12. The maximum Gasteiger partial charge on any atom is 0.338 e. The van der Waals surface area contributed by atoms with Gasteiger partial charge in [-0.05, 0) is 24.3 Å². The van der Waals surface area contributed by atoms with Crippen molar-refractivity contribution in [2.24, 2.45) is 7.05 Å². The fourth-order valence-electron chi connectivity index (χ4n) is 3.10. The Labute approximate surface area is 162 Å². The van der Waals surface area contributed by atoms with Crippen LogP contribution in [0.2, 0.25) is 0 Å². The Balaban J connectivity index is 1.71. The lowest BCUT2D eigenvalue weighted by Crippen LogP contribution is -2.03. The molecule has 5 nitrogen and oxygen atoms in total. The third-order valence-electron chi connectivity index (χ3n) is 4.53. The lowest BCUT2D eigenvalue weighted by molar-refractivity contribution is 0.0603. The van der Waals surface area contributed by atoms with Crippen molar-refractivity contribution in [2.45, 2.75) is 0 Å². The average Bonchev–Trinajstić information content (AvgIpc) is 3.12. The van der Waals surface area contributed by atoms with Crippen molar-refractivity contribution in [3.8, 4) is 11.3 Å². The number of hydrogen-bond acceptors (Lipinski definition) is 4. The molecule has 138 valence electrons. The maximum absolute atomic E-state index is 12.2. The van der Waals surface area contributed by atoms with Gasteiger partial charge in [-0.25, -0.2) is 14.8 Å². The molecule has 4 rings (SSSR count). The number of imidazole rings is 1. The molecule has 5 heteroatoms. The van der Waals surface area contributed by atoms with Crippen LogP contribution < -0.4 is 0 Å². The summed E-state index contributed by atoms with van der Waals surface area (Å²) in [6.45, 7) is 0. The topological polar surface area (TPSA) is 57.0 Å². The van der Waals surface area contributed by atoms with E-state index in [-0.39, 0.29) is 5.97 Å². The number of ether oxygens (including phenoxy) is 1. The maximum atomic E-state index is 12.2. The van der Waals surface area contributed by atoms with Crippen LogP contribution in [0, 0.1) is 0 Å². The van der Waals surface area contributed by atoms with Crippen molar-refractivity contribution in [3.05, 3.63) is 83.9 Å². The average molecular weight is 369 g/mol. The number of aromatic nitrogens is 3. The number of carbonyl (C=O) groups excluding carboxylic acids is 1. The minimum atomic E-state index is -0.378. The molecular weight excluding hydrogens is 350 g/mol. The molecule has 28 heavy (non-hydrogen) atoms. The fourth-order valence-corrected chi connectivity index (χ4v) is 3.10. The molecule has 2 heterocycles. The molecule has 0 spiro atoms. The zero-order chi connectivity index (χ0) is 19.5. The van der Waals surface area contributed by atoms with Gasteiger partial charge in [0.15, 0.2) is 0 Å². The number of carbonyl (C=O) groups is 1. The summed E-state index contributed by atoms with van der Waals surface area (Å²) in [5, 5.41) is 0.773. The zero-order valence-electron chi connectivity index (χ0n) is 15.7. The highest BCUT2D eigenvalue weighted by atomic mass is 16.5. The summed E-state index contributed by atoms with van der Waals surface area (Å²) in [6.07, 6.45) is 5.74. The van der Waals surface area contributed by atoms with E-state index in [1.807, 2.05) is 84.6 Å². The van der Waals surface area contributed by atoms with Crippen LogP contribution in [0.5, 0.6) is 0 Å². The van der Waals surface area contributed by atoms with Crippen LogP contribution in [0.1, 0.15) is 21.9 Å². The number of aryl methyl sites for hydroxylation is 1. The molecule has 2 aromatic heterocycles. The van der Waals surface area contributed by atoms with Crippen LogP contribution in [0.25, 0.3) is 34.3 Å². The molecule has 0 saturated carbocycles. The van der Waals surface area contributed by atoms with E-state index in [4.69, 9.17) is 4.74 Å². The first-order valence-electron chi connectivity index (χ1n) is 8.90. The zero-order valence-corrected chi connectivity index (χ0v) is 15.7. The van der Waals surface area contributed by atoms with Crippen molar-refractivity contribution in [1.29, 1.82) is 0 Å². The Morgan fingerprint density at radius 1 is 1.00 bits per heavy atom. The van der Waals surface area contributed by atoms with E-state index in [1.165, 1.54) is 7.11 Å². The van der Waals surface area contributed by atoms with Gasteiger partial charge in [0.1, 0.15) is 5.82 Å². The predicted molar refractivity (Wildman–Crippen MR) is 111 cm³/mol. The molecule has 0 amide bonds. The van der Waals surface area contributed by atoms with Gasteiger partial charge in [0.05, 0.1) is 29.6 Å². The number of pyridine rings is 1. The van der Waals surface area contributed by atoms with Gasteiger partial charge in [-0.1, -0.05) is 48.5 Å². The molecule has 0 aliphatic heterocycles. The van der Waals surface area contributed by atoms with Gasteiger partial charge in [0.25, 0.3) is 0 Å². The summed E-state index contributed by atoms with van der Waals surface area (Å²) in [5.41, 5.74) is 3.88. The summed E-state index contributed by atoms with van der Waals surface area (Å²) < 4.78 is 6.89. The minimum absolute atomic E-state index is 0.378. The Morgan fingerprint density at radius 2 is 1.75 bits per heavy atom. The third kappa shape index (κ3) is 3.42. The highest BCUT2D eigenvalue weighted by Crippen LogP contribution is 2.22. The van der Waals surface area contributed by atoms with Crippen molar-refractivity contribution in [2.75, 3.05) is 7.11 Å². The first kappa shape index (κ1) is 17.7. The smallest absolute Gasteiger partial charge is 0.338 e. The van der Waals surface area contributed by atoms with E-state index in [0.29, 0.717) is 11.3 Å². The van der Waals surface area contributed by atoms with Gasteiger partial charge >= 0.3 is 5.97 Å². The molecule has 0 aliphatic carbocycles. The Kier molecular flexibility index (Phi) is 4.72. The van der Waals surface area contributed by atoms with Gasteiger partial charge in [-0.2, -0.15) is 0 Å². The SMILES string of the molecule is COC(=O)c1cc(/C=C/c2nc(-c3ccccc3)cn2C)nc2ccccc12. The summed E-state index contributed by atoms with van der Waals surface area (Å²) in [4.78, 5) is 21.5. The number of para-hydroxylation sites is 1. The van der Waals surface area contributed by atoms with Crippen LogP contribution in [-0.2, 0) is 11.8 Å². The highest BCUT2D eigenvalue weighted by molar-refractivity contribution is 6.04. The Bertz CT molecular complexity index is 1180. The molecule has 0 bridgehead atoms. The van der Waals surface area contributed by atoms with Crippen LogP contribution in [0.3, 0.4) is 0 Å². The molecular formula is C23H19N3O2. The number of fused-ring (bicyclic) bond motifs is 1. The summed E-state index contributed by atoms with van der Waals surface area (Å²) in [7, 11) is 3.33. The van der Waals surface area contributed by atoms with Crippen LogP contribution >= 0.6 is 0 Å². The van der Waals surface area contributed by atoms with Crippen LogP contribution in [-0.4, -0.2) is 27.6 Å². The van der Waals surface area contributed by atoms with E-state index >= 15 is 0 Å². The van der Waals surface area contributed by atoms with Crippen molar-refractivity contribution in [3.63, 3.8) is 0 Å². The molecule has 0 unspecified atom stereocenters. The quantitative estimate of drug-likeness (QED) is 0.494. The summed E-state index contributed by atoms with van der Waals surface area (Å²) in [5.74, 6) is 0.421. The number of methoxy groups -OCH3 is 1. The summed E-state index contributed by atoms with van der Waals surface area (Å²) >= 11 is 0. The van der Waals surface area contributed by atoms with Crippen molar-refractivity contribution < 1.29 is 9.53 Å². The molecule has 2 aromatic carbocycles.